The van der Waals surface area contributed by atoms with E-state index in [0.717, 1.165) is 0 Å². The molecule has 18 heavy (non-hydrogen) atoms. The molecule has 0 aromatic rings. The number of esters is 1. The second-order valence-electron chi connectivity index (χ2n) is 4.70. The quantitative estimate of drug-likeness (QED) is 0.628. The second kappa shape index (κ2) is 5.41. The van der Waals surface area contributed by atoms with Crippen molar-refractivity contribution in [2.24, 2.45) is 0 Å². The summed E-state index contributed by atoms with van der Waals surface area (Å²) in [6.07, 6.45) is -4.82. The molecule has 0 saturated heterocycles. The maximum Gasteiger partial charge on any atom is 0.421 e. The van der Waals surface area contributed by atoms with Gasteiger partial charge in [-0.3, -0.25) is 4.79 Å². The maximum atomic E-state index is 12.1. The predicted octanol–water partition coefficient (Wildman–Crippen LogP) is 1.95. The highest BCUT2D eigenvalue weighted by molar-refractivity contribution is 5.96. The number of carbonyl (C=O) groups is 2. The van der Waals surface area contributed by atoms with E-state index in [9.17, 15) is 22.8 Å². The Hall–Kier alpha value is -1.53. The highest BCUT2D eigenvalue weighted by Gasteiger charge is 2.37. The van der Waals surface area contributed by atoms with E-state index in [1.807, 2.05) is 5.32 Å². The lowest BCUT2D eigenvalue weighted by atomic mass is 10.2. The normalized spacial score (nSPS) is 13.7. The van der Waals surface area contributed by atoms with Gasteiger partial charge in [0.1, 0.15) is 17.2 Å². The summed E-state index contributed by atoms with van der Waals surface area (Å²) >= 11 is 0. The molecule has 1 amide bonds. The van der Waals surface area contributed by atoms with Gasteiger partial charge in [-0.1, -0.05) is 6.58 Å². The average molecular weight is 267 g/mol. The zero-order valence-electron chi connectivity index (χ0n) is 10.6. The van der Waals surface area contributed by atoms with Gasteiger partial charge < -0.3 is 10.1 Å². The number of amides is 1. The van der Waals surface area contributed by atoms with Gasteiger partial charge >= 0.3 is 12.1 Å². The molecule has 104 valence electrons. The molecule has 0 spiro atoms. The minimum Gasteiger partial charge on any atom is -0.458 e. The van der Waals surface area contributed by atoms with Gasteiger partial charge in [-0.25, -0.2) is 4.79 Å². The van der Waals surface area contributed by atoms with Crippen LogP contribution in [0.3, 0.4) is 0 Å². The number of hydrogen-bond acceptors (Lipinski definition) is 3. The van der Waals surface area contributed by atoms with Crippen LogP contribution in [0, 0.1) is 0 Å². The standard InChI is InChI=1S/C11H16F3NO3/c1-6(11(12,13)14)8(16)15-7(2)9(17)18-10(3,4)5/h7H,1H2,2-5H3,(H,15,16)/t7-/m0/s1. The van der Waals surface area contributed by atoms with Crippen LogP contribution < -0.4 is 5.32 Å². The number of ether oxygens (including phenoxy) is 1. The van der Waals surface area contributed by atoms with Gasteiger partial charge in [-0.05, 0) is 27.7 Å². The Labute approximate surface area is 103 Å². The minimum atomic E-state index is -4.82. The Morgan fingerprint density at radius 1 is 1.22 bits per heavy atom. The highest BCUT2D eigenvalue weighted by atomic mass is 19.4. The summed E-state index contributed by atoms with van der Waals surface area (Å²) in [6.45, 7) is 8.67. The molecule has 1 N–H and O–H groups in total. The molecule has 0 bridgehead atoms. The Bertz CT molecular complexity index is 356. The molecule has 0 aliphatic heterocycles. The SMILES string of the molecule is C=C(C(=O)N[C@@H](C)C(=O)OC(C)(C)C)C(F)(F)F. The smallest absolute Gasteiger partial charge is 0.421 e. The summed E-state index contributed by atoms with van der Waals surface area (Å²) in [4.78, 5) is 22.6. The molecule has 0 aromatic carbocycles. The van der Waals surface area contributed by atoms with Gasteiger partial charge in [0.05, 0.1) is 0 Å². The van der Waals surface area contributed by atoms with Gasteiger partial charge in [0.25, 0.3) is 5.91 Å². The van der Waals surface area contributed by atoms with Crippen molar-refractivity contribution in [3.05, 3.63) is 12.2 Å². The molecule has 0 heterocycles. The monoisotopic (exact) mass is 267 g/mol. The van der Waals surface area contributed by atoms with Crippen molar-refractivity contribution in [2.45, 2.75) is 45.5 Å². The van der Waals surface area contributed by atoms with Crippen LogP contribution in [0.15, 0.2) is 12.2 Å². The molecular formula is C11H16F3NO3. The van der Waals surface area contributed by atoms with Gasteiger partial charge in [0, 0.05) is 0 Å². The highest BCUT2D eigenvalue weighted by Crippen LogP contribution is 2.24. The topological polar surface area (TPSA) is 55.4 Å². The maximum absolute atomic E-state index is 12.1. The van der Waals surface area contributed by atoms with E-state index in [0.29, 0.717) is 0 Å². The molecular weight excluding hydrogens is 251 g/mol. The molecule has 0 aliphatic rings. The molecule has 0 aromatic heterocycles. The molecule has 7 heteroatoms. The van der Waals surface area contributed by atoms with Crippen LogP contribution >= 0.6 is 0 Å². The van der Waals surface area contributed by atoms with Crippen LogP contribution in [0.25, 0.3) is 0 Å². The van der Waals surface area contributed by atoms with Crippen LogP contribution in [-0.2, 0) is 14.3 Å². The van der Waals surface area contributed by atoms with Crippen LogP contribution in [0.4, 0.5) is 13.2 Å². The molecule has 0 aliphatic carbocycles. The summed E-state index contributed by atoms with van der Waals surface area (Å²) in [5.41, 5.74) is -2.34. The van der Waals surface area contributed by atoms with Gasteiger partial charge in [0.15, 0.2) is 0 Å². The Morgan fingerprint density at radius 2 is 1.67 bits per heavy atom. The third-order valence-corrected chi connectivity index (χ3v) is 1.72. The molecule has 0 fully saturated rings. The Kier molecular flexibility index (Phi) is 4.95. The minimum absolute atomic E-state index is 0.781. The lowest BCUT2D eigenvalue weighted by Crippen LogP contribution is -2.44. The molecule has 0 saturated carbocycles. The summed E-state index contributed by atoms with van der Waals surface area (Å²) in [5, 5.41) is 1.88. The number of nitrogens with one attached hydrogen (secondary N) is 1. The zero-order chi connectivity index (χ0) is 14.7. The Morgan fingerprint density at radius 3 is 2.00 bits per heavy atom. The first-order valence-corrected chi connectivity index (χ1v) is 5.14. The van der Waals surface area contributed by atoms with Crippen molar-refractivity contribution in [3.8, 4) is 0 Å². The van der Waals surface area contributed by atoms with E-state index >= 15 is 0 Å². The lowest BCUT2D eigenvalue weighted by molar-refractivity contribution is -0.158. The number of alkyl halides is 3. The average Bonchev–Trinajstić information content (AvgIpc) is 2.12. The number of carbonyl (C=O) groups excluding carboxylic acids is 2. The van der Waals surface area contributed by atoms with E-state index in [1.165, 1.54) is 6.92 Å². The largest absolute Gasteiger partial charge is 0.458 e. The van der Waals surface area contributed by atoms with Crippen molar-refractivity contribution in [1.29, 1.82) is 0 Å². The van der Waals surface area contributed by atoms with E-state index in [1.54, 1.807) is 20.8 Å². The first-order valence-electron chi connectivity index (χ1n) is 5.14. The number of rotatable bonds is 3. The number of halogens is 3. The van der Waals surface area contributed by atoms with E-state index in [4.69, 9.17) is 4.74 Å². The summed E-state index contributed by atoms with van der Waals surface area (Å²) in [5.74, 6) is -2.26. The first-order chi connectivity index (χ1) is 7.84. The first kappa shape index (κ1) is 16.5. The van der Waals surface area contributed by atoms with E-state index in [2.05, 4.69) is 6.58 Å². The van der Waals surface area contributed by atoms with Gasteiger partial charge in [-0.2, -0.15) is 13.2 Å². The summed E-state index contributed by atoms with van der Waals surface area (Å²) in [7, 11) is 0. The lowest BCUT2D eigenvalue weighted by Gasteiger charge is -2.23. The van der Waals surface area contributed by atoms with E-state index in [-0.39, 0.29) is 0 Å². The summed E-state index contributed by atoms with van der Waals surface area (Å²) < 4.78 is 41.3. The fourth-order valence-corrected chi connectivity index (χ4v) is 0.862. The van der Waals surface area contributed by atoms with Crippen LogP contribution in [-0.4, -0.2) is 29.7 Å². The third-order valence-electron chi connectivity index (χ3n) is 1.72. The van der Waals surface area contributed by atoms with Crippen LogP contribution in [0.2, 0.25) is 0 Å². The molecule has 0 radical (unpaired) electrons. The summed E-state index contributed by atoms with van der Waals surface area (Å²) in [6, 6.07) is -1.18. The van der Waals surface area contributed by atoms with Gasteiger partial charge in [0.2, 0.25) is 0 Å². The van der Waals surface area contributed by atoms with E-state index < -0.39 is 35.3 Å². The molecule has 4 nitrogen and oxygen atoms in total. The molecule has 0 unspecified atom stereocenters. The Balaban J connectivity index is 4.50. The number of hydrogen-bond donors (Lipinski definition) is 1. The van der Waals surface area contributed by atoms with Crippen LogP contribution in [0.5, 0.6) is 0 Å². The fourth-order valence-electron chi connectivity index (χ4n) is 0.862. The third kappa shape index (κ3) is 5.70. The molecule has 1 atom stereocenters. The van der Waals surface area contributed by atoms with Crippen molar-refractivity contribution in [1.82, 2.24) is 5.32 Å². The van der Waals surface area contributed by atoms with Crippen LogP contribution in [0.1, 0.15) is 27.7 Å². The second-order valence-corrected chi connectivity index (χ2v) is 4.70. The predicted molar refractivity (Wildman–Crippen MR) is 58.6 cm³/mol. The van der Waals surface area contributed by atoms with Gasteiger partial charge in [-0.15, -0.1) is 0 Å². The molecule has 0 rings (SSSR count). The zero-order valence-corrected chi connectivity index (χ0v) is 10.6. The van der Waals surface area contributed by atoms with Crippen molar-refractivity contribution >= 4 is 11.9 Å². The fraction of sp³-hybridized carbons (Fsp3) is 0.636. The van der Waals surface area contributed by atoms with Crippen molar-refractivity contribution in [2.75, 3.05) is 0 Å². The van der Waals surface area contributed by atoms with Crippen molar-refractivity contribution in [3.63, 3.8) is 0 Å². The van der Waals surface area contributed by atoms with Crippen molar-refractivity contribution < 1.29 is 27.5 Å².